The van der Waals surface area contributed by atoms with Crippen LogP contribution in [0.5, 0.6) is 0 Å². The van der Waals surface area contributed by atoms with E-state index in [1.807, 2.05) is 115 Å². The first-order valence-corrected chi connectivity index (χ1v) is 51.1. The Morgan fingerprint density at radius 1 is 0.439 bits per heavy atom. The largest absolute Gasteiger partial charge is 0.490 e. The zero-order valence-electron chi connectivity index (χ0n) is 84.5. The molecule has 4 saturated carbocycles. The van der Waals surface area contributed by atoms with Crippen LogP contribution in [0.25, 0.3) is 43.6 Å². The van der Waals surface area contributed by atoms with Gasteiger partial charge in [-0.3, -0.25) is 57.3 Å². The number of ether oxygens (including phenoxy) is 4. The average Bonchev–Trinajstić information content (AvgIpc) is 1.58. The number of rotatable bonds is 32. The van der Waals surface area contributed by atoms with Gasteiger partial charge in [0.1, 0.15) is 12.1 Å². The smallest absolute Gasteiger partial charge is 0.475 e. The highest BCUT2D eigenvalue weighted by atomic mass is 19.4. The third kappa shape index (κ3) is 26.1. The standard InChI is InChI=1S/2C52H66N8O7.2C2HF3O2/c1-5-15-51(17-18-51)48(63)66-34-59-33-40-30-37(29-36(3)45(40)54-59)31-43(47(62)57-27-25-56(26-28-57)41-13-21-55(4)22-14-41)53-50(65)58-23-11-38(12-24-58)42-32-39-9-7-8-10-44(39)60(46(42)61)35-67-49(64)52(16-6-2)19-20-52;1-5-15-51(17-18-51)48(63)66-34-59-44-10-8-7-9-39(44)32-42(46(59)61)38-11-23-58(24-12-38)50(65)54-43(47(62)57-27-25-56(26-28-57)41-13-21-55(4)22-14-41)31-37-29-36(3)45-40(30-37)33-53-60(45)35-67-49(64)52(16-6-2)19-20-52;2*3-2(4,5)1(6)7/h5-10,29-30,32-33,38,41,43H,1-2,11-28,31,34-35H2,3-4H3,(H,53,65);5-10,29-30,32-33,38,41,43H,1-2,11-28,31,34-35H2,3-4H3,(H,54,65);2*(H,6,7)/t2*43-;;/m11../s1. The summed E-state index contributed by atoms with van der Waals surface area (Å²) in [5, 5.41) is 33.4. The molecule has 40 heteroatoms. The van der Waals surface area contributed by atoms with E-state index in [-0.39, 0.29) is 110 Å². The van der Waals surface area contributed by atoms with Gasteiger partial charge in [-0.05, 0) is 264 Å². The number of urea groups is 2. The van der Waals surface area contributed by atoms with Gasteiger partial charge in [0.05, 0.1) is 49.9 Å². The second-order valence-corrected chi connectivity index (χ2v) is 41.5. The highest BCUT2D eigenvalue weighted by molar-refractivity contribution is 5.91. The number of piperazine rings is 2. The van der Waals surface area contributed by atoms with Gasteiger partial charge >= 0.3 is 60.2 Å². The summed E-state index contributed by atoms with van der Waals surface area (Å²) < 4.78 is 92.9. The van der Waals surface area contributed by atoms with E-state index in [0.717, 1.165) is 184 Å². The molecule has 6 aliphatic heterocycles. The first-order valence-electron chi connectivity index (χ1n) is 51.1. The number of pyridine rings is 2. The van der Waals surface area contributed by atoms with E-state index in [1.54, 1.807) is 58.8 Å². The molecular formula is C108H134F6N16O18. The number of fused-ring (bicyclic) bond motifs is 4. The van der Waals surface area contributed by atoms with Gasteiger partial charge in [-0.2, -0.15) is 36.5 Å². The van der Waals surface area contributed by atoms with Crippen LogP contribution in [-0.2, 0) is 97.1 Å². The van der Waals surface area contributed by atoms with Crippen LogP contribution in [0.15, 0.2) is 158 Å². The van der Waals surface area contributed by atoms with Crippen molar-refractivity contribution in [3.63, 3.8) is 0 Å². The number of hydrogen-bond acceptors (Lipinski definition) is 22. The van der Waals surface area contributed by atoms with Crippen molar-refractivity contribution in [2.45, 2.75) is 230 Å². The number of aliphatic carboxylic acids is 2. The molecule has 4 N–H and O–H groups in total. The van der Waals surface area contributed by atoms with Crippen LogP contribution in [-0.4, -0.2) is 293 Å². The zero-order valence-corrected chi connectivity index (χ0v) is 84.5. The Morgan fingerprint density at radius 2 is 0.784 bits per heavy atom. The van der Waals surface area contributed by atoms with Gasteiger partial charge in [0.2, 0.25) is 11.8 Å². The molecule has 796 valence electrons. The molecule has 0 spiro atoms. The molecule has 8 aromatic rings. The van der Waals surface area contributed by atoms with Crippen molar-refractivity contribution < 1.29 is 103 Å². The fraction of sp³-hybridized carbons (Fsp3) is 0.537. The van der Waals surface area contributed by atoms with Crippen LogP contribution in [0.1, 0.15) is 174 Å². The predicted octanol–water partition coefficient (Wildman–Crippen LogP) is 13.5. The van der Waals surface area contributed by atoms with Crippen molar-refractivity contribution in [1.29, 1.82) is 0 Å². The molecular weight excluding hydrogens is 1920 g/mol. The minimum absolute atomic E-state index is 0.00197. The number of amides is 6. The Balaban J connectivity index is 0.000000196. The van der Waals surface area contributed by atoms with E-state index in [4.69, 9.17) is 43.8 Å². The van der Waals surface area contributed by atoms with Gasteiger partial charge in [-0.25, -0.2) is 28.5 Å². The van der Waals surface area contributed by atoms with Crippen LogP contribution < -0.4 is 21.8 Å². The van der Waals surface area contributed by atoms with Gasteiger partial charge in [0, 0.05) is 132 Å². The van der Waals surface area contributed by atoms with Crippen molar-refractivity contribution in [3.8, 4) is 0 Å². The number of aromatic nitrogens is 6. The highest BCUT2D eigenvalue weighted by Gasteiger charge is 2.54. The summed E-state index contributed by atoms with van der Waals surface area (Å²) in [5.74, 6) is -6.99. The molecule has 0 radical (unpaired) electrons. The Bertz CT molecular complexity index is 6120. The average molecular weight is 2060 g/mol. The Labute approximate surface area is 853 Å². The van der Waals surface area contributed by atoms with Gasteiger partial charge in [-0.15, -0.1) is 26.3 Å². The number of esters is 4. The number of carboxylic acids is 2. The van der Waals surface area contributed by atoms with Gasteiger partial charge in [0.25, 0.3) is 11.1 Å². The molecule has 6 saturated heterocycles. The van der Waals surface area contributed by atoms with E-state index in [0.29, 0.717) is 138 Å². The first-order chi connectivity index (χ1) is 70.7. The SMILES string of the molecule is C=CCC1(C(=O)OCn2cc3cc(C[C@@H](NC(=O)N4CCC(c5cc6ccccc6n(COC(=O)C6(CC=C)CC6)c5=O)CC4)C(=O)N4CCN(C5CCN(C)CC5)CC4)cc(C)c3n2)CC1.C=CCC1(C(=O)OCn2ncc3cc(C[C@@H](NC(=O)N4CCC(c5cc6ccccc6n(COC(=O)C6(CC=C)CC6)c5=O)CC4)C(=O)N4CCN(C5CCN(C)CC5)CC4)cc(C)c32)CC1.O=C(O)C(F)(F)F.O=C(O)C(F)(F)F. The summed E-state index contributed by atoms with van der Waals surface area (Å²) in [5.41, 5.74) is 5.55. The van der Waals surface area contributed by atoms with Gasteiger partial charge in [-0.1, -0.05) is 72.8 Å². The van der Waals surface area contributed by atoms with E-state index >= 15 is 0 Å². The molecule has 10 heterocycles. The Hall–Kier alpha value is -13.1. The number of para-hydroxylation sites is 2. The Morgan fingerprint density at radius 3 is 1.14 bits per heavy atom. The second-order valence-electron chi connectivity index (χ2n) is 41.5. The highest BCUT2D eigenvalue weighted by Crippen LogP contribution is 2.53. The number of allylic oxidation sites excluding steroid dienone is 4. The first kappa shape index (κ1) is 109. The number of hydrogen-bond donors (Lipinski definition) is 4. The molecule has 18 rings (SSSR count). The van der Waals surface area contributed by atoms with E-state index in [2.05, 4.69) is 75.7 Å². The quantitative estimate of drug-likeness (QED) is 0.0132. The van der Waals surface area contributed by atoms with E-state index in [9.17, 15) is 74.3 Å². The second kappa shape index (κ2) is 46.8. The summed E-state index contributed by atoms with van der Waals surface area (Å²) in [4.78, 5) is 173. The van der Waals surface area contributed by atoms with Crippen LogP contribution >= 0.6 is 0 Å². The molecule has 10 fully saturated rings. The molecule has 2 atom stereocenters. The Kier molecular flexibility index (Phi) is 34.5. The maximum absolute atomic E-state index is 14.6. The van der Waals surface area contributed by atoms with E-state index < -0.39 is 58.0 Å². The fourth-order valence-corrected chi connectivity index (χ4v) is 21.6. The number of nitrogens with one attached hydrogen (secondary N) is 2. The molecule has 148 heavy (non-hydrogen) atoms. The van der Waals surface area contributed by atoms with Gasteiger partial charge < -0.3 is 69.2 Å². The van der Waals surface area contributed by atoms with E-state index in [1.165, 1.54) is 0 Å². The number of likely N-dealkylation sites (tertiary alicyclic amines) is 4. The summed E-state index contributed by atoms with van der Waals surface area (Å²) in [7, 11) is 4.33. The number of alkyl halides is 6. The van der Waals surface area contributed by atoms with Crippen LogP contribution in [0, 0.1) is 35.5 Å². The number of carboxylic acid groups (broad SMARTS) is 2. The molecule has 4 aliphatic carbocycles. The van der Waals surface area contributed by atoms with Crippen molar-refractivity contribution in [2.75, 3.05) is 119 Å². The summed E-state index contributed by atoms with van der Waals surface area (Å²) >= 11 is 0. The predicted molar refractivity (Wildman–Crippen MR) is 540 cm³/mol. The molecule has 0 unspecified atom stereocenters. The van der Waals surface area contributed by atoms with Crippen molar-refractivity contribution in [1.82, 2.24) is 78.5 Å². The number of carbonyl (C=O) groups is 10. The topological polar surface area (TPSA) is 378 Å². The third-order valence-corrected chi connectivity index (χ3v) is 31.2. The molecule has 6 amide bonds. The molecule has 4 aromatic heterocycles. The summed E-state index contributed by atoms with van der Waals surface area (Å²) in [6.07, 6.45) is 16.3. The lowest BCUT2D eigenvalue weighted by Gasteiger charge is -2.43. The van der Waals surface area contributed by atoms with Crippen molar-refractivity contribution in [3.05, 3.63) is 202 Å². The maximum atomic E-state index is 14.6. The molecule has 34 nitrogen and oxygen atoms in total. The summed E-state index contributed by atoms with van der Waals surface area (Å²) in [6.45, 7) is 30.3. The monoisotopic (exact) mass is 2060 g/mol. The number of aryl methyl sites for hydroxylation is 2. The fourth-order valence-electron chi connectivity index (χ4n) is 21.6. The third-order valence-electron chi connectivity index (χ3n) is 31.2. The van der Waals surface area contributed by atoms with Crippen molar-refractivity contribution in [2.24, 2.45) is 21.7 Å². The maximum Gasteiger partial charge on any atom is 0.490 e. The van der Waals surface area contributed by atoms with Crippen LogP contribution in [0.3, 0.4) is 0 Å². The number of halogens is 6. The minimum atomic E-state index is -5.08. The van der Waals surface area contributed by atoms with Gasteiger partial charge in [0.15, 0.2) is 26.9 Å². The lowest BCUT2D eigenvalue weighted by Crippen LogP contribution is -2.59. The van der Waals surface area contributed by atoms with Crippen LogP contribution in [0.4, 0.5) is 35.9 Å². The normalized spacial score (nSPS) is 19.5. The molecule has 0 bridgehead atoms. The molecule has 10 aliphatic rings. The lowest BCUT2D eigenvalue weighted by molar-refractivity contribution is -0.193. The number of benzene rings is 4. The molecule has 4 aromatic carbocycles. The minimum Gasteiger partial charge on any atom is -0.475 e. The number of carbonyl (C=O) groups excluding carboxylic acids is 8. The summed E-state index contributed by atoms with van der Waals surface area (Å²) in [6, 6.07) is 26.0. The van der Waals surface area contributed by atoms with Crippen molar-refractivity contribution >= 4 is 103 Å². The zero-order chi connectivity index (χ0) is 106. The number of nitrogens with zero attached hydrogens (tertiary/aromatic N) is 14. The van der Waals surface area contributed by atoms with Crippen LogP contribution in [0.2, 0.25) is 0 Å². The lowest BCUT2D eigenvalue weighted by atomic mass is 9.89. The number of piperidine rings is 4.